The minimum atomic E-state index is -1.09. The van der Waals surface area contributed by atoms with Crippen LogP contribution < -0.4 is 0 Å². The average molecular weight is 342 g/mol. The van der Waals surface area contributed by atoms with Gasteiger partial charge in [0.15, 0.2) is 6.79 Å². The molecule has 0 bridgehead atoms. The number of ether oxygens (including phenoxy) is 2. The van der Waals surface area contributed by atoms with Crippen LogP contribution in [0.1, 0.15) is 17.0 Å². The summed E-state index contributed by atoms with van der Waals surface area (Å²) in [5, 5.41) is 10.7. The predicted molar refractivity (Wildman–Crippen MR) is 94.9 cm³/mol. The number of methoxy groups -OCH3 is 1. The summed E-state index contributed by atoms with van der Waals surface area (Å²) in [5.41, 5.74) is 5.09. The largest absolute Gasteiger partial charge is 0.475 e. The lowest BCUT2D eigenvalue weighted by Crippen LogP contribution is -2.07. The van der Waals surface area contributed by atoms with Gasteiger partial charge in [0.05, 0.1) is 0 Å². The third-order valence-electron chi connectivity index (χ3n) is 3.96. The van der Waals surface area contributed by atoms with Crippen LogP contribution >= 0.6 is 11.8 Å². The Bertz CT molecular complexity index is 724. The summed E-state index contributed by atoms with van der Waals surface area (Å²) < 4.78 is 9.83. The van der Waals surface area contributed by atoms with Crippen LogP contribution in [0.5, 0.6) is 0 Å². The highest BCUT2D eigenvalue weighted by Gasteiger charge is 2.27. The zero-order valence-corrected chi connectivity index (χ0v) is 14.1. The average Bonchev–Trinajstić information content (AvgIpc) is 2.92. The number of hydrogen-bond donors (Lipinski definition) is 1. The molecule has 0 aromatic heterocycles. The van der Waals surface area contributed by atoms with E-state index >= 15 is 0 Å². The van der Waals surface area contributed by atoms with Gasteiger partial charge >= 0.3 is 5.97 Å². The monoisotopic (exact) mass is 342 g/mol. The first-order valence-electron chi connectivity index (χ1n) is 7.57. The number of thioether (sulfide) groups is 1. The van der Waals surface area contributed by atoms with E-state index in [4.69, 9.17) is 14.6 Å². The highest BCUT2D eigenvalue weighted by atomic mass is 32.2. The van der Waals surface area contributed by atoms with Crippen LogP contribution in [-0.2, 0) is 14.3 Å². The van der Waals surface area contributed by atoms with E-state index in [9.17, 15) is 4.79 Å². The Morgan fingerprint density at radius 2 is 1.71 bits per heavy atom. The molecule has 0 fully saturated rings. The fraction of sp³-hybridized carbons (Fsp3) is 0.211. The van der Waals surface area contributed by atoms with Gasteiger partial charge in [-0.2, -0.15) is 0 Å². The van der Waals surface area contributed by atoms with E-state index < -0.39 is 5.97 Å². The van der Waals surface area contributed by atoms with E-state index in [1.165, 1.54) is 41.1 Å². The highest BCUT2D eigenvalue weighted by molar-refractivity contribution is 8.02. The van der Waals surface area contributed by atoms with Crippen LogP contribution in [0.2, 0.25) is 0 Å². The molecule has 0 amide bonds. The van der Waals surface area contributed by atoms with Crippen molar-refractivity contribution in [2.24, 2.45) is 0 Å². The molecule has 2 aromatic carbocycles. The van der Waals surface area contributed by atoms with Gasteiger partial charge in [-0.25, -0.2) is 4.79 Å². The standard InChI is InChI=1S/C19H18O4S/c1-22-12-23-18(19(20)21)11-24-10-17-15-8-4-2-6-13(15)14-7-3-5-9-16(14)17/h2-9,11,17H,10,12H2,1H3,(H,20,21). The third-order valence-corrected chi connectivity index (χ3v) is 4.87. The summed E-state index contributed by atoms with van der Waals surface area (Å²) >= 11 is 1.44. The summed E-state index contributed by atoms with van der Waals surface area (Å²) in [4.78, 5) is 11.2. The quantitative estimate of drug-likeness (QED) is 0.467. The maximum absolute atomic E-state index is 11.2. The predicted octanol–water partition coefficient (Wildman–Crippen LogP) is 4.08. The van der Waals surface area contributed by atoms with Crippen molar-refractivity contribution in [3.8, 4) is 11.1 Å². The fourth-order valence-corrected chi connectivity index (χ4v) is 3.90. The van der Waals surface area contributed by atoms with Gasteiger partial charge in [0.2, 0.25) is 5.76 Å². The molecule has 5 heteroatoms. The minimum absolute atomic E-state index is 0.0756. The Morgan fingerprint density at radius 1 is 1.12 bits per heavy atom. The van der Waals surface area contributed by atoms with E-state index in [2.05, 4.69) is 24.3 Å². The maximum Gasteiger partial charge on any atom is 0.371 e. The number of fused-ring (bicyclic) bond motifs is 3. The summed E-state index contributed by atoms with van der Waals surface area (Å²) in [6.45, 7) is -0.0756. The van der Waals surface area contributed by atoms with Crippen LogP contribution in [0.3, 0.4) is 0 Å². The van der Waals surface area contributed by atoms with Gasteiger partial charge in [0.1, 0.15) is 0 Å². The van der Waals surface area contributed by atoms with Gasteiger partial charge in [0, 0.05) is 24.2 Å². The molecule has 1 aliphatic rings. The Kier molecular flexibility index (Phi) is 5.23. The zero-order valence-electron chi connectivity index (χ0n) is 13.3. The Morgan fingerprint density at radius 3 is 2.25 bits per heavy atom. The molecule has 24 heavy (non-hydrogen) atoms. The van der Waals surface area contributed by atoms with E-state index in [0.717, 1.165) is 5.75 Å². The van der Waals surface area contributed by atoms with Gasteiger partial charge in [-0.1, -0.05) is 48.5 Å². The summed E-state index contributed by atoms with van der Waals surface area (Å²) in [5.74, 6) is -0.189. The van der Waals surface area contributed by atoms with Crippen molar-refractivity contribution in [1.29, 1.82) is 0 Å². The Hall–Kier alpha value is -2.24. The van der Waals surface area contributed by atoms with Crippen molar-refractivity contribution in [1.82, 2.24) is 0 Å². The molecule has 0 atom stereocenters. The summed E-state index contributed by atoms with van der Waals surface area (Å²) in [6, 6.07) is 16.7. The molecule has 0 saturated carbocycles. The Labute approximate surface area is 145 Å². The highest BCUT2D eigenvalue weighted by Crippen LogP contribution is 2.45. The van der Waals surface area contributed by atoms with Crippen molar-refractivity contribution in [3.63, 3.8) is 0 Å². The number of benzene rings is 2. The van der Waals surface area contributed by atoms with Crippen LogP contribution in [0.4, 0.5) is 0 Å². The van der Waals surface area contributed by atoms with Crippen molar-refractivity contribution in [2.75, 3.05) is 19.7 Å². The Balaban J connectivity index is 1.79. The molecule has 0 unspecified atom stereocenters. The van der Waals surface area contributed by atoms with Crippen molar-refractivity contribution in [2.45, 2.75) is 5.92 Å². The van der Waals surface area contributed by atoms with Crippen molar-refractivity contribution < 1.29 is 19.4 Å². The van der Waals surface area contributed by atoms with Crippen molar-refractivity contribution >= 4 is 17.7 Å². The SMILES string of the molecule is COCOC(=CSCC1c2ccccc2-c2ccccc21)C(=O)O. The van der Waals surface area contributed by atoms with Gasteiger partial charge in [-0.3, -0.25) is 0 Å². The summed E-state index contributed by atoms with van der Waals surface area (Å²) in [6.07, 6.45) is 0. The fourth-order valence-electron chi connectivity index (χ4n) is 2.93. The number of hydrogen-bond acceptors (Lipinski definition) is 4. The van der Waals surface area contributed by atoms with E-state index in [0.29, 0.717) is 0 Å². The second kappa shape index (κ2) is 7.55. The van der Waals surface area contributed by atoms with Crippen LogP contribution in [-0.4, -0.2) is 30.7 Å². The first-order valence-corrected chi connectivity index (χ1v) is 8.62. The van der Waals surface area contributed by atoms with E-state index in [-0.39, 0.29) is 18.5 Å². The molecule has 0 heterocycles. The molecule has 2 aromatic rings. The molecular weight excluding hydrogens is 324 g/mol. The number of carboxylic acid groups (broad SMARTS) is 1. The van der Waals surface area contributed by atoms with Gasteiger partial charge in [0.25, 0.3) is 0 Å². The van der Waals surface area contributed by atoms with E-state index in [1.54, 1.807) is 5.41 Å². The number of aliphatic carboxylic acids is 1. The molecule has 4 nitrogen and oxygen atoms in total. The number of rotatable bonds is 7. The van der Waals surface area contributed by atoms with E-state index in [1.807, 2.05) is 24.3 Å². The molecule has 0 spiro atoms. The molecule has 3 rings (SSSR count). The smallest absolute Gasteiger partial charge is 0.371 e. The van der Waals surface area contributed by atoms with Crippen molar-refractivity contribution in [3.05, 3.63) is 70.8 Å². The van der Waals surface area contributed by atoms with Gasteiger partial charge in [-0.15, -0.1) is 11.8 Å². The number of carboxylic acids is 1. The molecule has 1 N–H and O–H groups in total. The normalized spacial score (nSPS) is 13.5. The lowest BCUT2D eigenvalue weighted by Gasteiger charge is -2.12. The van der Waals surface area contributed by atoms with Crippen LogP contribution in [0.25, 0.3) is 11.1 Å². The lowest BCUT2D eigenvalue weighted by atomic mass is 9.99. The topological polar surface area (TPSA) is 55.8 Å². The maximum atomic E-state index is 11.2. The molecule has 0 saturated heterocycles. The lowest BCUT2D eigenvalue weighted by molar-refractivity contribution is -0.138. The molecule has 0 aliphatic heterocycles. The molecule has 0 radical (unpaired) electrons. The minimum Gasteiger partial charge on any atom is -0.475 e. The zero-order chi connectivity index (χ0) is 16.9. The first kappa shape index (κ1) is 16.6. The molecule has 1 aliphatic carbocycles. The second-order valence-electron chi connectivity index (χ2n) is 5.40. The molecular formula is C19H18O4S. The first-order chi connectivity index (χ1) is 11.7. The second-order valence-corrected chi connectivity index (χ2v) is 6.30. The van der Waals surface area contributed by atoms with Crippen LogP contribution in [0.15, 0.2) is 59.7 Å². The van der Waals surface area contributed by atoms with Gasteiger partial charge < -0.3 is 14.6 Å². The van der Waals surface area contributed by atoms with Crippen LogP contribution in [0, 0.1) is 0 Å². The molecule has 124 valence electrons. The number of carbonyl (C=O) groups is 1. The summed E-state index contributed by atoms with van der Waals surface area (Å²) in [7, 11) is 1.46. The third kappa shape index (κ3) is 3.32. The van der Waals surface area contributed by atoms with Gasteiger partial charge in [-0.05, 0) is 22.3 Å².